The van der Waals surface area contributed by atoms with Gasteiger partial charge in [-0.15, -0.1) is 0 Å². The summed E-state index contributed by atoms with van der Waals surface area (Å²) in [5.41, 5.74) is 0.599. The van der Waals surface area contributed by atoms with Gasteiger partial charge in [-0.1, -0.05) is 36.8 Å². The summed E-state index contributed by atoms with van der Waals surface area (Å²) in [7, 11) is 0. The zero-order valence-corrected chi connectivity index (χ0v) is 20.9. The topological polar surface area (TPSA) is 78.4 Å². The van der Waals surface area contributed by atoms with Gasteiger partial charge in [-0.05, 0) is 61.4 Å². The van der Waals surface area contributed by atoms with E-state index >= 15 is 0 Å². The third-order valence-electron chi connectivity index (χ3n) is 7.03. The molecule has 10 heteroatoms. The molecule has 3 heterocycles. The fourth-order valence-electron chi connectivity index (χ4n) is 4.87. The number of anilines is 2. The Balaban J connectivity index is 1.38. The molecule has 1 aliphatic carbocycles. The molecule has 0 unspecified atom stereocenters. The number of pyridine rings is 2. The van der Waals surface area contributed by atoms with E-state index in [9.17, 15) is 23.1 Å². The molecule has 1 saturated carbocycles. The highest BCUT2D eigenvalue weighted by Crippen LogP contribution is 2.44. The van der Waals surface area contributed by atoms with Gasteiger partial charge in [0.05, 0.1) is 17.2 Å². The van der Waals surface area contributed by atoms with E-state index in [4.69, 9.17) is 0 Å². The second-order valence-corrected chi connectivity index (χ2v) is 10.3. The van der Waals surface area contributed by atoms with Crippen LogP contribution in [0.5, 0.6) is 0 Å². The zero-order valence-electron chi connectivity index (χ0n) is 20.0. The van der Waals surface area contributed by atoms with E-state index < -0.39 is 23.6 Å². The summed E-state index contributed by atoms with van der Waals surface area (Å²) in [6.07, 6.45) is -0.0879. The number of alkyl halides is 3. The van der Waals surface area contributed by atoms with E-state index in [0.717, 1.165) is 55.8 Å². The molecule has 1 atom stereocenters. The van der Waals surface area contributed by atoms with E-state index in [1.54, 1.807) is 18.2 Å². The lowest BCUT2D eigenvalue weighted by atomic mass is 9.77. The molecule has 0 amide bonds. The maximum atomic E-state index is 13.9. The summed E-state index contributed by atoms with van der Waals surface area (Å²) in [6.45, 7) is 1.12. The molecule has 2 aliphatic rings. The van der Waals surface area contributed by atoms with Gasteiger partial charge in [-0.25, -0.2) is 9.97 Å². The standard InChI is InChI=1S/C27H27F3N4O2S/c28-27(29,30)21-13-14-22(31-25(21)20-10-2-1-9-19(20)17-6-3-7-17)33-37-24-12-4-11-23(32-24)34-15-5-8-18(16-34)26(35)36/h1-2,4,9-14,17-18H,3,5-8,15-16H2,(H,31,33)(H,35,36)/t18-/m1/s1. The van der Waals surface area contributed by atoms with Gasteiger partial charge < -0.3 is 14.7 Å². The third-order valence-corrected chi connectivity index (χ3v) is 7.77. The first-order chi connectivity index (χ1) is 17.8. The highest BCUT2D eigenvalue weighted by atomic mass is 32.2. The van der Waals surface area contributed by atoms with Crippen molar-refractivity contribution in [2.45, 2.75) is 49.2 Å². The number of benzene rings is 1. The van der Waals surface area contributed by atoms with Crippen LogP contribution in [0.1, 0.15) is 49.1 Å². The number of aromatic nitrogens is 2. The van der Waals surface area contributed by atoms with E-state index in [0.29, 0.717) is 35.2 Å². The highest BCUT2D eigenvalue weighted by molar-refractivity contribution is 8.00. The molecule has 1 aliphatic heterocycles. The fraction of sp³-hybridized carbons (Fsp3) is 0.370. The lowest BCUT2D eigenvalue weighted by Gasteiger charge is -2.31. The molecule has 2 fully saturated rings. The average molecular weight is 529 g/mol. The van der Waals surface area contributed by atoms with E-state index in [1.807, 2.05) is 29.2 Å². The molecular weight excluding hydrogens is 501 g/mol. The minimum atomic E-state index is -4.53. The smallest absolute Gasteiger partial charge is 0.418 e. The number of hydrogen-bond donors (Lipinski definition) is 2. The Bertz CT molecular complexity index is 1280. The summed E-state index contributed by atoms with van der Waals surface area (Å²) >= 11 is 1.15. The first-order valence-electron chi connectivity index (χ1n) is 12.3. The Labute approximate surface area is 217 Å². The Hall–Kier alpha value is -3.27. The Morgan fingerprint density at radius 3 is 2.54 bits per heavy atom. The van der Waals surface area contributed by atoms with Crippen molar-refractivity contribution in [1.29, 1.82) is 0 Å². The Kier molecular flexibility index (Phi) is 7.28. The second kappa shape index (κ2) is 10.6. The van der Waals surface area contributed by atoms with Gasteiger partial charge in [-0.3, -0.25) is 4.79 Å². The number of piperidine rings is 1. The van der Waals surface area contributed by atoms with Gasteiger partial charge in [0.2, 0.25) is 0 Å². The summed E-state index contributed by atoms with van der Waals surface area (Å²) in [5.74, 6) is -0.00387. The van der Waals surface area contributed by atoms with Crippen molar-refractivity contribution >= 4 is 29.6 Å². The normalized spacial score (nSPS) is 18.4. The first-order valence-corrected chi connectivity index (χ1v) is 13.2. The Morgan fingerprint density at radius 1 is 1.00 bits per heavy atom. The summed E-state index contributed by atoms with van der Waals surface area (Å²) < 4.78 is 44.8. The molecule has 1 saturated heterocycles. The molecule has 0 spiro atoms. The van der Waals surface area contributed by atoms with Crippen molar-refractivity contribution in [3.63, 3.8) is 0 Å². The number of nitrogens with one attached hydrogen (secondary N) is 1. The molecule has 1 aromatic carbocycles. The SMILES string of the molecule is O=C(O)[C@@H]1CCCN(c2cccc(SNc3ccc(C(F)(F)F)c(-c4ccccc4C4CCC4)n3)n2)C1. The maximum absolute atomic E-state index is 13.9. The van der Waals surface area contributed by atoms with Crippen molar-refractivity contribution in [2.24, 2.45) is 5.92 Å². The molecule has 0 bridgehead atoms. The van der Waals surface area contributed by atoms with Crippen molar-refractivity contribution in [3.05, 3.63) is 65.7 Å². The van der Waals surface area contributed by atoms with Gasteiger partial charge in [0.15, 0.2) is 0 Å². The number of rotatable bonds is 7. The van der Waals surface area contributed by atoms with Crippen LogP contribution in [0.2, 0.25) is 0 Å². The highest BCUT2D eigenvalue weighted by Gasteiger charge is 2.36. The molecule has 194 valence electrons. The molecular formula is C27H27F3N4O2S. The van der Waals surface area contributed by atoms with Crippen LogP contribution in [0.15, 0.2) is 59.6 Å². The van der Waals surface area contributed by atoms with Gasteiger partial charge in [-0.2, -0.15) is 13.2 Å². The zero-order chi connectivity index (χ0) is 26.0. The predicted molar refractivity (Wildman–Crippen MR) is 138 cm³/mol. The maximum Gasteiger partial charge on any atom is 0.418 e. The van der Waals surface area contributed by atoms with E-state index in [1.165, 1.54) is 6.07 Å². The summed E-state index contributed by atoms with van der Waals surface area (Å²) in [4.78, 5) is 22.4. The van der Waals surface area contributed by atoms with Crippen molar-refractivity contribution < 1.29 is 23.1 Å². The van der Waals surface area contributed by atoms with E-state index in [2.05, 4.69) is 14.7 Å². The average Bonchev–Trinajstić information content (AvgIpc) is 2.86. The van der Waals surface area contributed by atoms with Crippen molar-refractivity contribution in [2.75, 3.05) is 22.7 Å². The lowest BCUT2D eigenvalue weighted by Crippen LogP contribution is -2.39. The molecule has 37 heavy (non-hydrogen) atoms. The van der Waals surface area contributed by atoms with Crippen LogP contribution in [0.3, 0.4) is 0 Å². The number of carboxylic acid groups (broad SMARTS) is 1. The monoisotopic (exact) mass is 528 g/mol. The first kappa shape index (κ1) is 25.4. The van der Waals surface area contributed by atoms with Crippen LogP contribution >= 0.6 is 11.9 Å². The molecule has 2 N–H and O–H groups in total. The van der Waals surface area contributed by atoms with Crippen LogP contribution in [0, 0.1) is 5.92 Å². The predicted octanol–water partition coefficient (Wildman–Crippen LogP) is 6.85. The number of aliphatic carboxylic acids is 1. The summed E-state index contributed by atoms with van der Waals surface area (Å²) in [5, 5.41) is 9.97. The van der Waals surface area contributed by atoms with E-state index in [-0.39, 0.29) is 11.6 Å². The quantitative estimate of drug-likeness (QED) is 0.325. The molecule has 6 nitrogen and oxygen atoms in total. The second-order valence-electron chi connectivity index (χ2n) is 9.47. The van der Waals surface area contributed by atoms with Crippen molar-refractivity contribution in [3.8, 4) is 11.3 Å². The van der Waals surface area contributed by atoms with Gasteiger partial charge in [0, 0.05) is 30.6 Å². The number of nitrogens with zero attached hydrogens (tertiary/aromatic N) is 3. The van der Waals surface area contributed by atoms with Crippen LogP contribution in [-0.2, 0) is 11.0 Å². The van der Waals surface area contributed by atoms with Crippen LogP contribution < -0.4 is 9.62 Å². The number of carbonyl (C=O) groups is 1. The molecule has 3 aromatic rings. The number of halogens is 3. The third kappa shape index (κ3) is 5.69. The van der Waals surface area contributed by atoms with Gasteiger partial charge in [0.1, 0.15) is 16.7 Å². The number of carboxylic acids is 1. The van der Waals surface area contributed by atoms with Crippen LogP contribution in [-0.4, -0.2) is 34.1 Å². The lowest BCUT2D eigenvalue weighted by molar-refractivity contribution is -0.142. The molecule has 5 rings (SSSR count). The summed E-state index contributed by atoms with van der Waals surface area (Å²) in [6, 6.07) is 15.1. The largest absolute Gasteiger partial charge is 0.481 e. The van der Waals surface area contributed by atoms with Crippen LogP contribution in [0.25, 0.3) is 11.3 Å². The molecule has 2 aromatic heterocycles. The minimum Gasteiger partial charge on any atom is -0.481 e. The van der Waals surface area contributed by atoms with Crippen LogP contribution in [0.4, 0.5) is 24.8 Å². The number of hydrogen-bond acceptors (Lipinski definition) is 6. The van der Waals surface area contributed by atoms with Gasteiger partial charge >= 0.3 is 12.1 Å². The minimum absolute atomic E-state index is 0.0738. The van der Waals surface area contributed by atoms with Crippen molar-refractivity contribution in [1.82, 2.24) is 9.97 Å². The Morgan fingerprint density at radius 2 is 1.81 bits per heavy atom. The van der Waals surface area contributed by atoms with Gasteiger partial charge in [0.25, 0.3) is 0 Å². The molecule has 0 radical (unpaired) electrons. The fourth-order valence-corrected chi connectivity index (χ4v) is 5.47.